The Morgan fingerprint density at radius 1 is 0.696 bits per heavy atom. The number of carboxylic acids is 4. The van der Waals surface area contributed by atoms with E-state index in [0.717, 1.165) is 17.8 Å². The molecule has 10 N–H and O–H groups in total. The molecule has 308 valence electrons. The van der Waals surface area contributed by atoms with Gasteiger partial charge in [-0.05, 0) is 76.7 Å². The molecule has 0 aromatic carbocycles. The molecule has 3 fully saturated rings. The molecule has 7 unspecified atom stereocenters. The quantitative estimate of drug-likeness (QED) is 0.105. The zero-order valence-corrected chi connectivity index (χ0v) is 31.5. The van der Waals surface area contributed by atoms with E-state index in [1.54, 1.807) is 7.11 Å². The topological polar surface area (TPSA) is 282 Å². The van der Waals surface area contributed by atoms with Crippen molar-refractivity contribution in [2.24, 2.45) is 23.7 Å². The van der Waals surface area contributed by atoms with Crippen molar-refractivity contribution in [2.75, 3.05) is 48.9 Å². The number of aromatic nitrogens is 3. The number of rotatable bonds is 16. The van der Waals surface area contributed by atoms with Gasteiger partial charge in [0, 0.05) is 49.7 Å². The van der Waals surface area contributed by atoms with E-state index < -0.39 is 47.5 Å². The first kappa shape index (κ1) is 40.9. The molecule has 4 aliphatic carbocycles. The van der Waals surface area contributed by atoms with Gasteiger partial charge < -0.3 is 56.3 Å². The summed E-state index contributed by atoms with van der Waals surface area (Å²) in [5.74, 6) is -5.42. The highest BCUT2D eigenvalue weighted by molar-refractivity contribution is 5.75. The zero-order valence-electron chi connectivity index (χ0n) is 31.5. The Labute approximate surface area is 324 Å². The summed E-state index contributed by atoms with van der Waals surface area (Å²) >= 11 is 0. The Morgan fingerprint density at radius 3 is 1.71 bits per heavy atom. The van der Waals surface area contributed by atoms with Gasteiger partial charge in [-0.15, -0.1) is 0 Å². The molecule has 5 aliphatic rings. The molecule has 7 atom stereocenters. The molecule has 0 spiro atoms. The number of carboxylic acid groups (broad SMARTS) is 4. The zero-order chi connectivity index (χ0) is 39.8. The van der Waals surface area contributed by atoms with Gasteiger partial charge in [-0.1, -0.05) is 6.08 Å². The third kappa shape index (κ3) is 10.9. The molecule has 20 nitrogen and oxygen atoms in total. The van der Waals surface area contributed by atoms with Gasteiger partial charge in [0.15, 0.2) is 0 Å². The van der Waals surface area contributed by atoms with Crippen LogP contribution in [0.3, 0.4) is 0 Å². The fourth-order valence-corrected chi connectivity index (χ4v) is 8.26. The Hall–Kier alpha value is -4.79. The van der Waals surface area contributed by atoms with E-state index in [1.165, 1.54) is 0 Å². The van der Waals surface area contributed by atoms with Crippen LogP contribution in [-0.2, 0) is 28.7 Å². The molecule has 1 aromatic heterocycles. The fraction of sp³-hybridized carbons (Fsp3) is 0.694. The summed E-state index contributed by atoms with van der Waals surface area (Å²) in [7, 11) is 1.62. The van der Waals surface area contributed by atoms with Gasteiger partial charge in [0.05, 0.1) is 49.0 Å². The minimum absolute atomic E-state index is 0.0296. The predicted molar refractivity (Wildman–Crippen MR) is 200 cm³/mol. The first-order valence-corrected chi connectivity index (χ1v) is 19.4. The predicted octanol–water partition coefficient (Wildman–Crippen LogP) is 1.13. The number of nitrogens with one attached hydrogen (secondary N) is 6. The number of aliphatic carboxylic acids is 4. The smallest absolute Gasteiger partial charge is 0.306 e. The average molecular weight is 787 g/mol. The lowest BCUT2D eigenvalue weighted by Gasteiger charge is -2.34. The Kier molecular flexibility index (Phi) is 13.8. The number of hydrogen-bond acceptors (Lipinski definition) is 16. The Morgan fingerprint density at radius 2 is 1.21 bits per heavy atom. The van der Waals surface area contributed by atoms with Crippen molar-refractivity contribution in [3.05, 3.63) is 23.5 Å². The highest BCUT2D eigenvalue weighted by atomic mass is 16.5. The Bertz CT molecular complexity index is 1600. The van der Waals surface area contributed by atoms with Crippen LogP contribution in [-0.4, -0.2) is 123 Å². The molecule has 2 heterocycles. The summed E-state index contributed by atoms with van der Waals surface area (Å²) in [4.78, 5) is 62.9. The number of nitrogens with zero attached hydrogens (tertiary/aromatic N) is 4. The second-order valence-corrected chi connectivity index (χ2v) is 15.4. The van der Waals surface area contributed by atoms with Crippen LogP contribution < -0.4 is 37.2 Å². The van der Waals surface area contributed by atoms with Crippen LogP contribution in [0.2, 0.25) is 0 Å². The van der Waals surface area contributed by atoms with Crippen molar-refractivity contribution >= 4 is 41.7 Å². The van der Waals surface area contributed by atoms with E-state index in [2.05, 4.69) is 43.3 Å². The first-order chi connectivity index (χ1) is 26.9. The number of methoxy groups -OCH3 is 1. The molecule has 1 aliphatic heterocycles. The molecule has 1 aromatic rings. The third-order valence-electron chi connectivity index (χ3n) is 11.4. The van der Waals surface area contributed by atoms with Crippen molar-refractivity contribution < 1.29 is 49.1 Å². The van der Waals surface area contributed by atoms with Crippen LogP contribution in [0.4, 0.5) is 17.8 Å². The van der Waals surface area contributed by atoms with E-state index in [4.69, 9.17) is 24.4 Å². The van der Waals surface area contributed by atoms with Crippen LogP contribution in [0.15, 0.2) is 23.5 Å². The van der Waals surface area contributed by atoms with E-state index in [1.807, 2.05) is 6.08 Å². The van der Waals surface area contributed by atoms with Gasteiger partial charge in [0.25, 0.3) is 0 Å². The second kappa shape index (κ2) is 18.9. The molecule has 0 bridgehead atoms. The molecule has 2 saturated carbocycles. The number of anilines is 3. The fourth-order valence-electron chi connectivity index (χ4n) is 8.26. The lowest BCUT2D eigenvalue weighted by Crippen LogP contribution is -2.48. The van der Waals surface area contributed by atoms with Crippen LogP contribution >= 0.6 is 0 Å². The minimum atomic E-state index is -0.985. The summed E-state index contributed by atoms with van der Waals surface area (Å²) in [6, 6.07) is -0.749. The summed E-state index contributed by atoms with van der Waals surface area (Å²) < 4.78 is 11.4. The number of carbonyl (C=O) groups is 4. The van der Waals surface area contributed by atoms with Gasteiger partial charge in [0.2, 0.25) is 17.8 Å². The standard InChI is InChI=1S/C36H54N10O10/c1-55-29-18-25(43-45-27-16-21(32(51)52)13-22(17-27)33(53)54)6-7-28(29)38-35-39-34(40-36(41-35)46-8-10-56-11-9-46)37-23-2-4-24(5-3-23)42-44-26-14-19(30(47)48)12-20(15-26)31(49)50/h4,18-23,26-29,42-45H,2-3,5-17H2,1H3,(H,47,48)(H,49,50)(H,51,52)(H,53,54)(H2,37,38,39,40,41). The molecular formula is C36H54N10O10. The molecule has 0 radical (unpaired) electrons. The summed E-state index contributed by atoms with van der Waals surface area (Å²) in [5.41, 5.74) is 14.6. The maximum atomic E-state index is 11.7. The van der Waals surface area contributed by atoms with Gasteiger partial charge in [-0.25, -0.2) is 10.9 Å². The van der Waals surface area contributed by atoms with Crippen LogP contribution in [0.5, 0.6) is 0 Å². The first-order valence-electron chi connectivity index (χ1n) is 19.4. The van der Waals surface area contributed by atoms with Crippen molar-refractivity contribution in [2.45, 2.75) is 101 Å². The molecule has 20 heteroatoms. The van der Waals surface area contributed by atoms with Crippen molar-refractivity contribution in [3.8, 4) is 0 Å². The monoisotopic (exact) mass is 786 g/mol. The van der Waals surface area contributed by atoms with Gasteiger partial charge in [-0.2, -0.15) is 15.0 Å². The van der Waals surface area contributed by atoms with Crippen LogP contribution in [0.1, 0.15) is 70.6 Å². The number of allylic oxidation sites excluding steroid dienone is 2. The maximum Gasteiger partial charge on any atom is 0.306 e. The van der Waals surface area contributed by atoms with E-state index in [9.17, 15) is 39.6 Å². The van der Waals surface area contributed by atoms with Crippen molar-refractivity contribution in [3.63, 3.8) is 0 Å². The lowest BCUT2D eigenvalue weighted by atomic mass is 9.79. The van der Waals surface area contributed by atoms with Gasteiger partial charge in [0.1, 0.15) is 0 Å². The number of hydrazine groups is 2. The maximum absolute atomic E-state index is 11.7. The number of ether oxygens (including phenoxy) is 2. The van der Waals surface area contributed by atoms with E-state index in [0.29, 0.717) is 95.5 Å². The summed E-state index contributed by atoms with van der Waals surface area (Å²) in [5, 5.41) is 45.1. The average Bonchev–Trinajstić information content (AvgIpc) is 3.20. The lowest BCUT2D eigenvalue weighted by molar-refractivity contribution is -0.150. The molecular weight excluding hydrogens is 732 g/mol. The van der Waals surface area contributed by atoms with Crippen molar-refractivity contribution in [1.29, 1.82) is 0 Å². The Balaban J connectivity index is 1.06. The van der Waals surface area contributed by atoms with Gasteiger partial charge >= 0.3 is 23.9 Å². The van der Waals surface area contributed by atoms with E-state index in [-0.39, 0.29) is 43.1 Å². The summed E-state index contributed by atoms with van der Waals surface area (Å²) in [6.45, 7) is 2.38. The van der Waals surface area contributed by atoms with Gasteiger partial charge in [-0.3, -0.25) is 19.2 Å². The third-order valence-corrected chi connectivity index (χ3v) is 11.4. The van der Waals surface area contributed by atoms with Crippen molar-refractivity contribution in [1.82, 2.24) is 36.7 Å². The summed E-state index contributed by atoms with van der Waals surface area (Å²) in [6.07, 6.45) is 8.71. The molecule has 1 saturated heterocycles. The van der Waals surface area contributed by atoms with Crippen LogP contribution in [0, 0.1) is 23.7 Å². The minimum Gasteiger partial charge on any atom is -0.481 e. The van der Waals surface area contributed by atoms with E-state index >= 15 is 0 Å². The highest BCUT2D eigenvalue weighted by Gasteiger charge is 2.38. The number of hydrogen-bond donors (Lipinski definition) is 10. The SMILES string of the molecule is COC1C=C(NNC2CC(C(=O)O)CC(C(=O)O)C2)CCC1Nc1nc(NC2CC=C(NNC3CC(C(=O)O)CC(C(=O)O)C3)CC2)nc(N2CCOCC2)n1. The molecule has 6 rings (SSSR count). The molecule has 56 heavy (non-hydrogen) atoms. The normalized spacial score (nSPS) is 30.9. The molecule has 0 amide bonds. The largest absolute Gasteiger partial charge is 0.481 e. The highest BCUT2D eigenvalue weighted by Crippen LogP contribution is 2.32. The second-order valence-electron chi connectivity index (χ2n) is 15.4. The van der Waals surface area contributed by atoms with Crippen LogP contribution in [0.25, 0.3) is 0 Å². The number of morpholine rings is 1.